The van der Waals surface area contributed by atoms with E-state index in [1.807, 2.05) is 0 Å². The molecule has 3 atom stereocenters. The van der Waals surface area contributed by atoms with E-state index in [1.165, 1.54) is 19.3 Å². The van der Waals surface area contributed by atoms with Crippen LogP contribution in [0.25, 0.3) is 0 Å². The minimum absolute atomic E-state index is 0.159. The van der Waals surface area contributed by atoms with Crippen LogP contribution in [-0.4, -0.2) is 38.5 Å². The van der Waals surface area contributed by atoms with Gasteiger partial charge >= 0.3 is 0 Å². The second-order valence-electron chi connectivity index (χ2n) is 4.96. The predicted molar refractivity (Wildman–Crippen MR) is 64.5 cm³/mol. The third-order valence-electron chi connectivity index (χ3n) is 3.67. The monoisotopic (exact) mass is 238 g/mol. The molecule has 1 aliphatic carbocycles. The van der Waals surface area contributed by atoms with E-state index in [9.17, 15) is 5.26 Å². The van der Waals surface area contributed by atoms with E-state index < -0.39 is 0 Å². The highest BCUT2D eigenvalue weighted by atomic mass is 16.6. The maximum atomic E-state index is 9.18. The Morgan fingerprint density at radius 2 is 2.06 bits per heavy atom. The van der Waals surface area contributed by atoms with E-state index in [1.54, 1.807) is 0 Å². The zero-order valence-corrected chi connectivity index (χ0v) is 10.4. The summed E-state index contributed by atoms with van der Waals surface area (Å²) in [7, 11) is 0. The van der Waals surface area contributed by atoms with Crippen molar-refractivity contribution in [1.29, 1.82) is 5.26 Å². The summed E-state index contributed by atoms with van der Waals surface area (Å²) in [6.07, 6.45) is 6.00. The maximum absolute atomic E-state index is 9.18. The molecule has 1 aliphatic heterocycles. The number of rotatable bonds is 3. The quantitative estimate of drug-likeness (QED) is 0.756. The van der Waals surface area contributed by atoms with Crippen LogP contribution in [0.5, 0.6) is 0 Å². The molecule has 0 aromatic rings. The van der Waals surface area contributed by atoms with Crippen molar-refractivity contribution in [3.05, 3.63) is 0 Å². The van der Waals surface area contributed by atoms with Crippen LogP contribution >= 0.6 is 0 Å². The van der Waals surface area contributed by atoms with Crippen molar-refractivity contribution in [2.45, 2.75) is 44.2 Å². The van der Waals surface area contributed by atoms with Crippen LogP contribution in [0, 0.1) is 17.2 Å². The number of hydrogen-bond donors (Lipinski definition) is 1. The van der Waals surface area contributed by atoms with Gasteiger partial charge in [0.05, 0.1) is 37.9 Å². The fourth-order valence-electron chi connectivity index (χ4n) is 2.64. The first-order chi connectivity index (χ1) is 8.40. The summed E-state index contributed by atoms with van der Waals surface area (Å²) in [5, 5.41) is 12.7. The number of nitrogens with zero attached hydrogens (tertiary/aromatic N) is 1. The first kappa shape index (κ1) is 12.8. The smallest absolute Gasteiger partial charge is 0.0933 e. The summed E-state index contributed by atoms with van der Waals surface area (Å²) < 4.78 is 11.0. The van der Waals surface area contributed by atoms with Crippen LogP contribution in [0.3, 0.4) is 0 Å². The van der Waals surface area contributed by atoms with Gasteiger partial charge in [-0.2, -0.15) is 5.26 Å². The highest BCUT2D eigenvalue weighted by molar-refractivity contribution is 4.93. The predicted octanol–water partition coefficient (Wildman–Crippen LogP) is 1.46. The Labute approximate surface area is 103 Å². The van der Waals surface area contributed by atoms with E-state index in [4.69, 9.17) is 9.47 Å². The number of nitrogens with one attached hydrogen (secondary N) is 1. The van der Waals surface area contributed by atoms with Gasteiger partial charge in [0.15, 0.2) is 0 Å². The molecule has 1 heterocycles. The van der Waals surface area contributed by atoms with Crippen molar-refractivity contribution in [3.63, 3.8) is 0 Å². The zero-order valence-electron chi connectivity index (χ0n) is 10.4. The van der Waals surface area contributed by atoms with Crippen LogP contribution in [0.4, 0.5) is 0 Å². The molecule has 1 N–H and O–H groups in total. The Kier molecular flexibility index (Phi) is 5.24. The Morgan fingerprint density at radius 1 is 1.18 bits per heavy atom. The number of hydrogen-bond acceptors (Lipinski definition) is 4. The lowest BCUT2D eigenvalue weighted by Crippen LogP contribution is -2.43. The highest BCUT2D eigenvalue weighted by Crippen LogP contribution is 2.23. The molecule has 0 radical (unpaired) electrons. The van der Waals surface area contributed by atoms with Crippen molar-refractivity contribution >= 4 is 0 Å². The first-order valence-electron chi connectivity index (χ1n) is 6.72. The fourth-order valence-corrected chi connectivity index (χ4v) is 2.64. The van der Waals surface area contributed by atoms with Gasteiger partial charge in [-0.25, -0.2) is 0 Å². The summed E-state index contributed by atoms with van der Waals surface area (Å²) in [6.45, 7) is 2.89. The standard InChI is InChI=1S/C13H22N2O2/c14-8-11-4-2-1-3-5-13(11)15-9-12-10-16-6-7-17-12/h11-13,15H,1-7,9-10H2. The summed E-state index contributed by atoms with van der Waals surface area (Å²) in [5.74, 6) is 0.169. The average Bonchev–Trinajstić information content (AvgIpc) is 2.62. The molecule has 2 rings (SSSR count). The molecular weight excluding hydrogens is 216 g/mol. The molecule has 2 fully saturated rings. The third-order valence-corrected chi connectivity index (χ3v) is 3.67. The minimum Gasteiger partial charge on any atom is -0.376 e. The molecule has 1 saturated heterocycles. The first-order valence-corrected chi connectivity index (χ1v) is 6.72. The lowest BCUT2D eigenvalue weighted by molar-refractivity contribution is -0.0873. The van der Waals surface area contributed by atoms with Crippen LogP contribution < -0.4 is 5.32 Å². The normalized spacial score (nSPS) is 34.9. The van der Waals surface area contributed by atoms with Crippen LogP contribution in [0.1, 0.15) is 32.1 Å². The average molecular weight is 238 g/mol. The molecule has 0 aromatic carbocycles. The van der Waals surface area contributed by atoms with Gasteiger partial charge in [0.2, 0.25) is 0 Å². The summed E-state index contributed by atoms with van der Waals surface area (Å²) in [4.78, 5) is 0. The Morgan fingerprint density at radius 3 is 2.82 bits per heavy atom. The van der Waals surface area contributed by atoms with Crippen LogP contribution in [0.15, 0.2) is 0 Å². The molecule has 1 saturated carbocycles. The van der Waals surface area contributed by atoms with Gasteiger partial charge in [-0.05, 0) is 12.8 Å². The van der Waals surface area contributed by atoms with Crippen molar-refractivity contribution in [3.8, 4) is 6.07 Å². The fraction of sp³-hybridized carbons (Fsp3) is 0.923. The van der Waals surface area contributed by atoms with Crippen LogP contribution in [-0.2, 0) is 9.47 Å². The Balaban J connectivity index is 1.77. The van der Waals surface area contributed by atoms with Gasteiger partial charge in [-0.1, -0.05) is 19.3 Å². The lowest BCUT2D eigenvalue weighted by atomic mass is 9.96. The molecule has 2 aliphatic rings. The number of ether oxygens (including phenoxy) is 2. The maximum Gasteiger partial charge on any atom is 0.0933 e. The van der Waals surface area contributed by atoms with Crippen molar-refractivity contribution < 1.29 is 9.47 Å². The second kappa shape index (κ2) is 6.95. The van der Waals surface area contributed by atoms with Gasteiger partial charge < -0.3 is 14.8 Å². The Hall–Kier alpha value is -0.630. The van der Waals surface area contributed by atoms with Gasteiger partial charge in [-0.3, -0.25) is 0 Å². The molecule has 3 unspecified atom stereocenters. The topological polar surface area (TPSA) is 54.3 Å². The summed E-state index contributed by atoms with van der Waals surface area (Å²) in [5.41, 5.74) is 0. The van der Waals surface area contributed by atoms with E-state index in [-0.39, 0.29) is 12.0 Å². The van der Waals surface area contributed by atoms with Crippen molar-refractivity contribution in [2.75, 3.05) is 26.4 Å². The molecule has 4 nitrogen and oxygen atoms in total. The Bertz CT molecular complexity index is 259. The van der Waals surface area contributed by atoms with Gasteiger partial charge in [0, 0.05) is 12.6 Å². The second-order valence-corrected chi connectivity index (χ2v) is 4.96. The minimum atomic E-state index is 0.159. The molecule has 17 heavy (non-hydrogen) atoms. The summed E-state index contributed by atoms with van der Waals surface area (Å²) in [6, 6.07) is 2.79. The molecule has 96 valence electrons. The van der Waals surface area contributed by atoms with Crippen molar-refractivity contribution in [1.82, 2.24) is 5.32 Å². The van der Waals surface area contributed by atoms with Gasteiger partial charge in [0.25, 0.3) is 0 Å². The van der Waals surface area contributed by atoms with E-state index in [0.29, 0.717) is 25.9 Å². The molecule has 0 amide bonds. The molecule has 0 bridgehead atoms. The van der Waals surface area contributed by atoms with Crippen molar-refractivity contribution in [2.24, 2.45) is 5.92 Å². The van der Waals surface area contributed by atoms with Crippen LogP contribution in [0.2, 0.25) is 0 Å². The molecule has 4 heteroatoms. The summed E-state index contributed by atoms with van der Waals surface area (Å²) >= 11 is 0. The van der Waals surface area contributed by atoms with Gasteiger partial charge in [-0.15, -0.1) is 0 Å². The van der Waals surface area contributed by atoms with E-state index in [0.717, 1.165) is 19.4 Å². The highest BCUT2D eigenvalue weighted by Gasteiger charge is 2.24. The van der Waals surface area contributed by atoms with Gasteiger partial charge in [0.1, 0.15) is 0 Å². The molecule has 0 aromatic heterocycles. The molecule has 0 spiro atoms. The molecular formula is C13H22N2O2. The third kappa shape index (κ3) is 3.95. The van der Waals surface area contributed by atoms with E-state index in [2.05, 4.69) is 11.4 Å². The van der Waals surface area contributed by atoms with E-state index >= 15 is 0 Å². The number of nitriles is 1. The lowest BCUT2D eigenvalue weighted by Gasteiger charge is -2.27. The largest absolute Gasteiger partial charge is 0.376 e. The SMILES string of the molecule is N#CC1CCCCCC1NCC1COCCO1. The zero-order chi connectivity index (χ0) is 11.9.